The maximum absolute atomic E-state index is 10.6. The van der Waals surface area contributed by atoms with E-state index in [1.54, 1.807) is 0 Å². The van der Waals surface area contributed by atoms with E-state index >= 15 is 0 Å². The SMILES string of the molecule is Cc1cc(C)c2[nH]c(C)c(CCCC(=O)O)c2c1. The number of aromatic amines is 1. The number of H-pyrrole nitrogens is 1. The molecule has 0 unspecified atom stereocenters. The van der Waals surface area contributed by atoms with Crippen molar-refractivity contribution >= 4 is 16.9 Å². The lowest BCUT2D eigenvalue weighted by molar-refractivity contribution is -0.137. The van der Waals surface area contributed by atoms with Gasteiger partial charge in [-0.1, -0.05) is 11.6 Å². The van der Waals surface area contributed by atoms with Crippen molar-refractivity contribution in [2.24, 2.45) is 0 Å². The third kappa shape index (κ3) is 2.40. The molecule has 0 fully saturated rings. The molecule has 1 heterocycles. The third-order valence-electron chi connectivity index (χ3n) is 3.39. The number of carboxylic acid groups (broad SMARTS) is 1. The van der Waals surface area contributed by atoms with Crippen LogP contribution in [0.15, 0.2) is 12.1 Å². The normalized spacial score (nSPS) is 11.1. The van der Waals surface area contributed by atoms with Crippen LogP contribution in [-0.4, -0.2) is 16.1 Å². The molecular weight excluding hydrogens is 226 g/mol. The minimum absolute atomic E-state index is 0.233. The molecule has 2 rings (SSSR count). The number of carboxylic acids is 1. The van der Waals surface area contributed by atoms with E-state index < -0.39 is 5.97 Å². The molecule has 0 aliphatic carbocycles. The van der Waals surface area contributed by atoms with Crippen molar-refractivity contribution in [3.05, 3.63) is 34.5 Å². The zero-order valence-corrected chi connectivity index (χ0v) is 11.1. The van der Waals surface area contributed by atoms with Gasteiger partial charge < -0.3 is 10.1 Å². The molecule has 1 aromatic carbocycles. The molecule has 0 radical (unpaired) electrons. The zero-order valence-electron chi connectivity index (χ0n) is 11.1. The summed E-state index contributed by atoms with van der Waals surface area (Å²) in [6.45, 7) is 6.26. The Morgan fingerprint density at radius 2 is 2.00 bits per heavy atom. The van der Waals surface area contributed by atoms with Gasteiger partial charge in [0.25, 0.3) is 0 Å². The van der Waals surface area contributed by atoms with Gasteiger partial charge in [-0.05, 0) is 50.8 Å². The summed E-state index contributed by atoms with van der Waals surface area (Å²) in [4.78, 5) is 14.0. The molecule has 0 amide bonds. The Bertz CT molecular complexity index is 596. The Morgan fingerprint density at radius 3 is 2.67 bits per heavy atom. The number of benzene rings is 1. The van der Waals surface area contributed by atoms with E-state index in [0.29, 0.717) is 6.42 Å². The van der Waals surface area contributed by atoms with Gasteiger partial charge in [0, 0.05) is 23.0 Å². The van der Waals surface area contributed by atoms with Crippen LogP contribution in [-0.2, 0) is 11.2 Å². The minimum atomic E-state index is -0.722. The number of aliphatic carboxylic acids is 1. The number of aryl methyl sites for hydroxylation is 4. The van der Waals surface area contributed by atoms with Crippen molar-refractivity contribution in [1.82, 2.24) is 4.98 Å². The Labute approximate surface area is 107 Å². The van der Waals surface area contributed by atoms with Crippen molar-refractivity contribution in [1.29, 1.82) is 0 Å². The maximum atomic E-state index is 10.6. The first kappa shape index (κ1) is 12.7. The molecule has 0 saturated carbocycles. The molecule has 0 saturated heterocycles. The zero-order chi connectivity index (χ0) is 13.3. The Hall–Kier alpha value is -1.77. The van der Waals surface area contributed by atoms with E-state index in [1.165, 1.54) is 27.6 Å². The quantitative estimate of drug-likeness (QED) is 0.866. The summed E-state index contributed by atoms with van der Waals surface area (Å²) in [7, 11) is 0. The van der Waals surface area contributed by atoms with Crippen LogP contribution < -0.4 is 0 Å². The number of carbonyl (C=O) groups is 1. The van der Waals surface area contributed by atoms with Crippen molar-refractivity contribution in [3.8, 4) is 0 Å². The molecular formula is C15H19NO2. The summed E-state index contributed by atoms with van der Waals surface area (Å²) in [5.74, 6) is -0.722. The minimum Gasteiger partial charge on any atom is -0.481 e. The molecule has 2 N–H and O–H groups in total. The van der Waals surface area contributed by atoms with Gasteiger partial charge in [-0.2, -0.15) is 0 Å². The molecule has 2 aromatic rings. The molecule has 0 spiro atoms. The summed E-state index contributed by atoms with van der Waals surface area (Å²) < 4.78 is 0. The average Bonchev–Trinajstić information content (AvgIpc) is 2.56. The highest BCUT2D eigenvalue weighted by Crippen LogP contribution is 2.27. The van der Waals surface area contributed by atoms with E-state index in [4.69, 9.17) is 5.11 Å². The first-order valence-electron chi connectivity index (χ1n) is 6.29. The van der Waals surface area contributed by atoms with Crippen molar-refractivity contribution < 1.29 is 9.90 Å². The molecule has 0 aliphatic rings. The van der Waals surface area contributed by atoms with Crippen LogP contribution in [0.4, 0.5) is 0 Å². The highest BCUT2D eigenvalue weighted by atomic mass is 16.4. The lowest BCUT2D eigenvalue weighted by Crippen LogP contribution is -1.96. The van der Waals surface area contributed by atoms with Gasteiger partial charge >= 0.3 is 5.97 Å². The van der Waals surface area contributed by atoms with Gasteiger partial charge in [0.05, 0.1) is 0 Å². The molecule has 96 valence electrons. The second-order valence-electron chi connectivity index (χ2n) is 4.98. The number of aromatic nitrogens is 1. The van der Waals surface area contributed by atoms with Crippen LogP contribution >= 0.6 is 0 Å². The maximum Gasteiger partial charge on any atom is 0.303 e. The van der Waals surface area contributed by atoms with Crippen LogP contribution in [0.2, 0.25) is 0 Å². The van der Waals surface area contributed by atoms with E-state index in [1.807, 2.05) is 0 Å². The van der Waals surface area contributed by atoms with Gasteiger partial charge in [0.15, 0.2) is 0 Å². The van der Waals surface area contributed by atoms with E-state index in [0.717, 1.165) is 12.1 Å². The number of hydrogen-bond acceptors (Lipinski definition) is 1. The fourth-order valence-corrected chi connectivity index (χ4v) is 2.58. The monoisotopic (exact) mass is 245 g/mol. The summed E-state index contributed by atoms with van der Waals surface area (Å²) in [6, 6.07) is 4.35. The average molecular weight is 245 g/mol. The number of hydrogen-bond donors (Lipinski definition) is 2. The van der Waals surface area contributed by atoms with Gasteiger partial charge in [-0.3, -0.25) is 4.79 Å². The van der Waals surface area contributed by atoms with Gasteiger partial charge in [0.1, 0.15) is 0 Å². The lowest BCUT2D eigenvalue weighted by Gasteiger charge is -2.02. The van der Waals surface area contributed by atoms with Gasteiger partial charge in [-0.15, -0.1) is 0 Å². The topological polar surface area (TPSA) is 53.1 Å². The van der Waals surface area contributed by atoms with Crippen LogP contribution in [0.5, 0.6) is 0 Å². The molecule has 18 heavy (non-hydrogen) atoms. The van der Waals surface area contributed by atoms with Gasteiger partial charge in [0.2, 0.25) is 0 Å². The summed E-state index contributed by atoms with van der Waals surface area (Å²) in [5.41, 5.74) is 6.10. The van der Waals surface area contributed by atoms with Crippen LogP contribution in [0.3, 0.4) is 0 Å². The largest absolute Gasteiger partial charge is 0.481 e. The van der Waals surface area contributed by atoms with Gasteiger partial charge in [-0.25, -0.2) is 0 Å². The highest BCUT2D eigenvalue weighted by Gasteiger charge is 2.11. The summed E-state index contributed by atoms with van der Waals surface area (Å²) in [5, 5.41) is 9.95. The Balaban J connectivity index is 2.37. The van der Waals surface area contributed by atoms with Crippen molar-refractivity contribution in [2.45, 2.75) is 40.0 Å². The summed E-state index contributed by atoms with van der Waals surface area (Å²) >= 11 is 0. The molecule has 0 bridgehead atoms. The number of fused-ring (bicyclic) bond motifs is 1. The molecule has 3 nitrogen and oxygen atoms in total. The first-order valence-corrected chi connectivity index (χ1v) is 6.29. The van der Waals surface area contributed by atoms with E-state index in [-0.39, 0.29) is 6.42 Å². The lowest BCUT2D eigenvalue weighted by atomic mass is 10.0. The van der Waals surface area contributed by atoms with Crippen molar-refractivity contribution in [2.75, 3.05) is 0 Å². The summed E-state index contributed by atoms with van der Waals surface area (Å²) in [6.07, 6.45) is 1.74. The predicted octanol–water partition coefficient (Wildman–Crippen LogP) is 3.50. The van der Waals surface area contributed by atoms with Crippen LogP contribution in [0.1, 0.15) is 35.2 Å². The Morgan fingerprint density at radius 1 is 1.28 bits per heavy atom. The first-order chi connectivity index (χ1) is 8.49. The van der Waals surface area contributed by atoms with Crippen molar-refractivity contribution in [3.63, 3.8) is 0 Å². The molecule has 1 aromatic heterocycles. The fourth-order valence-electron chi connectivity index (χ4n) is 2.58. The fraction of sp³-hybridized carbons (Fsp3) is 0.400. The highest BCUT2D eigenvalue weighted by molar-refractivity contribution is 5.88. The molecule has 3 heteroatoms. The van der Waals surface area contributed by atoms with E-state index in [9.17, 15) is 4.79 Å². The van der Waals surface area contributed by atoms with Crippen LogP contribution in [0, 0.1) is 20.8 Å². The molecule has 0 aliphatic heterocycles. The number of rotatable bonds is 4. The predicted molar refractivity (Wildman–Crippen MR) is 73.1 cm³/mol. The standard InChI is InChI=1S/C15H19NO2/c1-9-7-10(2)15-13(8-9)12(11(3)16-15)5-4-6-14(17)18/h7-8,16H,4-6H2,1-3H3,(H,17,18). The third-order valence-corrected chi connectivity index (χ3v) is 3.39. The number of nitrogens with one attached hydrogen (secondary N) is 1. The smallest absolute Gasteiger partial charge is 0.303 e. The van der Waals surface area contributed by atoms with Crippen LogP contribution in [0.25, 0.3) is 10.9 Å². The molecule has 0 atom stereocenters. The second kappa shape index (κ2) is 4.84. The van der Waals surface area contributed by atoms with E-state index in [2.05, 4.69) is 37.9 Å². The second-order valence-corrected chi connectivity index (χ2v) is 4.98. The Kier molecular flexibility index (Phi) is 3.41.